The number of nitrogens with one attached hydrogen (secondary N) is 1. The number of aryl methyl sites for hydroxylation is 1. The van der Waals surface area contributed by atoms with Crippen molar-refractivity contribution in [1.82, 2.24) is 20.1 Å². The van der Waals surface area contributed by atoms with Crippen molar-refractivity contribution in [3.05, 3.63) is 12.2 Å². The lowest BCUT2D eigenvalue weighted by Crippen LogP contribution is -2.46. The minimum atomic E-state index is 0.102. The molecule has 0 aromatic carbocycles. The Kier molecular flexibility index (Phi) is 4.35. The Hall–Kier alpha value is -0.940. The Morgan fingerprint density at radius 2 is 2.33 bits per heavy atom. The summed E-state index contributed by atoms with van der Waals surface area (Å²) >= 11 is 0. The van der Waals surface area contributed by atoms with E-state index >= 15 is 0 Å². The van der Waals surface area contributed by atoms with Crippen molar-refractivity contribution in [2.24, 2.45) is 0 Å². The van der Waals surface area contributed by atoms with E-state index < -0.39 is 0 Å². The molecular weight excluding hydrogens is 228 g/mol. The fourth-order valence-corrected chi connectivity index (χ4v) is 2.72. The van der Waals surface area contributed by atoms with E-state index in [0.29, 0.717) is 6.04 Å². The van der Waals surface area contributed by atoms with Gasteiger partial charge in [-0.25, -0.2) is 4.98 Å². The van der Waals surface area contributed by atoms with Crippen LogP contribution in [0.2, 0.25) is 0 Å². The van der Waals surface area contributed by atoms with Crippen LogP contribution >= 0.6 is 0 Å². The van der Waals surface area contributed by atoms with Crippen LogP contribution in [0.15, 0.2) is 6.33 Å². The molecule has 18 heavy (non-hydrogen) atoms. The van der Waals surface area contributed by atoms with Gasteiger partial charge < -0.3 is 10.1 Å². The first-order valence-electron chi connectivity index (χ1n) is 6.82. The van der Waals surface area contributed by atoms with Gasteiger partial charge in [0.25, 0.3) is 0 Å². The number of hydrogen-bond donors (Lipinski definition) is 1. The lowest BCUT2D eigenvalue weighted by atomic mass is 9.75. The first-order chi connectivity index (χ1) is 8.73. The predicted octanol–water partition coefficient (Wildman–Crippen LogP) is 1.39. The fourth-order valence-electron chi connectivity index (χ4n) is 2.72. The Morgan fingerprint density at radius 3 is 2.83 bits per heavy atom. The van der Waals surface area contributed by atoms with Crippen molar-refractivity contribution < 1.29 is 4.74 Å². The molecule has 1 N–H and O–H groups in total. The second-order valence-electron chi connectivity index (χ2n) is 5.13. The number of nitrogens with zero attached hydrogens (tertiary/aromatic N) is 3. The monoisotopic (exact) mass is 252 g/mol. The summed E-state index contributed by atoms with van der Waals surface area (Å²) in [6, 6.07) is 0.403. The first-order valence-corrected chi connectivity index (χ1v) is 6.82. The van der Waals surface area contributed by atoms with E-state index in [2.05, 4.69) is 22.3 Å². The molecule has 5 nitrogen and oxygen atoms in total. The summed E-state index contributed by atoms with van der Waals surface area (Å²) in [5.41, 5.74) is 0.102. The van der Waals surface area contributed by atoms with Gasteiger partial charge in [0.2, 0.25) is 0 Å². The Bertz CT molecular complexity index is 367. The third kappa shape index (κ3) is 2.72. The van der Waals surface area contributed by atoms with Gasteiger partial charge in [0.15, 0.2) is 0 Å². The summed E-state index contributed by atoms with van der Waals surface area (Å²) in [5, 5.41) is 7.61. The zero-order chi connectivity index (χ0) is 13.0. The van der Waals surface area contributed by atoms with Crippen molar-refractivity contribution in [2.45, 2.75) is 57.2 Å². The third-order valence-corrected chi connectivity index (χ3v) is 4.15. The maximum Gasteiger partial charge on any atom is 0.138 e. The highest BCUT2D eigenvalue weighted by molar-refractivity contribution is 4.97. The molecule has 1 aromatic heterocycles. The van der Waals surface area contributed by atoms with E-state index in [1.807, 2.05) is 18.8 Å². The minimum Gasteiger partial charge on any atom is -0.378 e. The largest absolute Gasteiger partial charge is 0.378 e. The summed E-state index contributed by atoms with van der Waals surface area (Å²) in [6.07, 6.45) is 7.26. The Morgan fingerprint density at radius 1 is 1.56 bits per heavy atom. The highest BCUT2D eigenvalue weighted by Gasteiger charge is 2.38. The molecule has 1 aliphatic rings. The van der Waals surface area contributed by atoms with Crippen molar-refractivity contribution >= 4 is 0 Å². The molecule has 0 bridgehead atoms. The van der Waals surface area contributed by atoms with E-state index in [9.17, 15) is 0 Å². The molecule has 1 aromatic rings. The highest BCUT2D eigenvalue weighted by Crippen LogP contribution is 2.39. The highest BCUT2D eigenvalue weighted by atomic mass is 16.5. The second kappa shape index (κ2) is 5.80. The fraction of sp³-hybridized carbons (Fsp3) is 0.846. The normalized spacial score (nSPS) is 19.5. The molecule has 102 valence electrons. The van der Waals surface area contributed by atoms with Gasteiger partial charge in [-0.2, -0.15) is 5.10 Å². The van der Waals surface area contributed by atoms with E-state index in [1.54, 1.807) is 6.33 Å². The van der Waals surface area contributed by atoms with Crippen LogP contribution in [0.3, 0.4) is 0 Å². The SMILES string of the molecule is CCn1ncnc1CC(CC1(OC)CCC1)NC. The summed E-state index contributed by atoms with van der Waals surface area (Å²) in [7, 11) is 3.85. The molecular formula is C13H24N4O. The molecule has 1 heterocycles. The van der Waals surface area contributed by atoms with Gasteiger partial charge in [0, 0.05) is 26.1 Å². The quantitative estimate of drug-likeness (QED) is 0.796. The van der Waals surface area contributed by atoms with E-state index in [-0.39, 0.29) is 5.60 Å². The van der Waals surface area contributed by atoms with Crippen LogP contribution in [0.4, 0.5) is 0 Å². The zero-order valence-corrected chi connectivity index (χ0v) is 11.6. The van der Waals surface area contributed by atoms with Crippen molar-refractivity contribution in [3.8, 4) is 0 Å². The molecule has 0 radical (unpaired) electrons. The van der Waals surface area contributed by atoms with Crippen LogP contribution in [0.1, 0.15) is 38.4 Å². The number of methoxy groups -OCH3 is 1. The summed E-state index contributed by atoms with van der Waals surface area (Å²) in [6.45, 7) is 2.97. The smallest absolute Gasteiger partial charge is 0.138 e. The predicted molar refractivity (Wildman–Crippen MR) is 70.5 cm³/mol. The maximum absolute atomic E-state index is 5.70. The van der Waals surface area contributed by atoms with Crippen LogP contribution < -0.4 is 5.32 Å². The lowest BCUT2D eigenvalue weighted by Gasteiger charge is -2.42. The number of likely N-dealkylation sites (N-methyl/N-ethyl adjacent to an activating group) is 1. The second-order valence-corrected chi connectivity index (χ2v) is 5.13. The topological polar surface area (TPSA) is 52.0 Å². The van der Waals surface area contributed by atoms with Gasteiger partial charge >= 0.3 is 0 Å². The summed E-state index contributed by atoms with van der Waals surface area (Å²) in [5.74, 6) is 1.06. The van der Waals surface area contributed by atoms with Gasteiger partial charge in [-0.05, 0) is 39.7 Å². The molecule has 1 saturated carbocycles. The average Bonchev–Trinajstić information content (AvgIpc) is 2.79. The van der Waals surface area contributed by atoms with Crippen LogP contribution in [-0.2, 0) is 17.7 Å². The van der Waals surface area contributed by atoms with Gasteiger partial charge in [-0.1, -0.05) is 0 Å². The van der Waals surface area contributed by atoms with Crippen LogP contribution in [0, 0.1) is 0 Å². The molecule has 1 unspecified atom stereocenters. The molecule has 0 amide bonds. The van der Waals surface area contributed by atoms with E-state index in [4.69, 9.17) is 4.74 Å². The number of hydrogen-bond acceptors (Lipinski definition) is 4. The van der Waals surface area contributed by atoms with Crippen LogP contribution in [0.25, 0.3) is 0 Å². The molecule has 0 spiro atoms. The standard InChI is InChI=1S/C13H24N4O/c1-4-17-12(15-10-16-17)8-11(14-2)9-13(18-3)6-5-7-13/h10-11,14H,4-9H2,1-3H3. The van der Waals surface area contributed by atoms with Gasteiger partial charge in [-0.3, -0.25) is 4.68 Å². The Balaban J connectivity index is 1.97. The molecule has 1 atom stereocenters. The molecule has 0 aliphatic heterocycles. The minimum absolute atomic E-state index is 0.102. The molecule has 1 aliphatic carbocycles. The third-order valence-electron chi connectivity index (χ3n) is 4.15. The lowest BCUT2D eigenvalue weighted by molar-refractivity contribution is -0.0831. The van der Waals surface area contributed by atoms with Gasteiger partial charge in [0.05, 0.1) is 5.60 Å². The van der Waals surface area contributed by atoms with E-state index in [0.717, 1.165) is 25.2 Å². The van der Waals surface area contributed by atoms with Crippen molar-refractivity contribution in [2.75, 3.05) is 14.2 Å². The first kappa shape index (κ1) is 13.5. The van der Waals surface area contributed by atoms with Crippen LogP contribution in [-0.4, -0.2) is 40.6 Å². The number of rotatable bonds is 7. The number of ether oxygens (including phenoxy) is 1. The van der Waals surface area contributed by atoms with E-state index in [1.165, 1.54) is 19.3 Å². The van der Waals surface area contributed by atoms with Crippen molar-refractivity contribution in [3.63, 3.8) is 0 Å². The maximum atomic E-state index is 5.70. The molecule has 2 rings (SSSR count). The van der Waals surface area contributed by atoms with Gasteiger partial charge in [-0.15, -0.1) is 0 Å². The number of aromatic nitrogens is 3. The summed E-state index contributed by atoms with van der Waals surface area (Å²) < 4.78 is 7.66. The molecule has 5 heteroatoms. The van der Waals surface area contributed by atoms with Gasteiger partial charge in [0.1, 0.15) is 12.2 Å². The zero-order valence-electron chi connectivity index (χ0n) is 11.6. The van der Waals surface area contributed by atoms with Crippen molar-refractivity contribution in [1.29, 1.82) is 0 Å². The summed E-state index contributed by atoms with van der Waals surface area (Å²) in [4.78, 5) is 4.35. The molecule has 1 fully saturated rings. The Labute approximate surface area is 109 Å². The van der Waals surface area contributed by atoms with Crippen LogP contribution in [0.5, 0.6) is 0 Å². The average molecular weight is 252 g/mol. The molecule has 0 saturated heterocycles.